The summed E-state index contributed by atoms with van der Waals surface area (Å²) in [5.41, 5.74) is 1.97. The predicted octanol–water partition coefficient (Wildman–Crippen LogP) is 3.02. The second kappa shape index (κ2) is 8.01. The molecule has 25 heavy (non-hydrogen) atoms. The molecule has 1 atom stereocenters. The van der Waals surface area contributed by atoms with Crippen molar-refractivity contribution in [3.63, 3.8) is 0 Å². The summed E-state index contributed by atoms with van der Waals surface area (Å²) in [4.78, 5) is 14.4. The highest BCUT2D eigenvalue weighted by Gasteiger charge is 2.23. The van der Waals surface area contributed by atoms with Crippen molar-refractivity contribution < 1.29 is 13.9 Å². The fourth-order valence-corrected chi connectivity index (χ4v) is 3.15. The van der Waals surface area contributed by atoms with Gasteiger partial charge < -0.3 is 15.0 Å². The molecule has 4 nitrogen and oxygen atoms in total. The Morgan fingerprint density at radius 2 is 2.08 bits per heavy atom. The Morgan fingerprint density at radius 3 is 2.84 bits per heavy atom. The number of halogens is 1. The Kier molecular flexibility index (Phi) is 5.53. The maximum Gasteiger partial charge on any atom is 0.224 e. The standard InChI is InChI=1S/C20H23FN2O2/c1-25-19-4-2-3-18(12-19)23-10-9-16(14-23)13-22-20(24)11-15-5-7-17(21)8-6-15/h2-8,12,16H,9-11,13-14H2,1H3,(H,22,24). The van der Waals surface area contributed by atoms with Gasteiger partial charge in [0, 0.05) is 31.4 Å². The molecule has 1 aliphatic heterocycles. The van der Waals surface area contributed by atoms with Crippen LogP contribution < -0.4 is 15.0 Å². The zero-order chi connectivity index (χ0) is 17.6. The number of rotatable bonds is 6. The van der Waals surface area contributed by atoms with Crippen LogP contribution >= 0.6 is 0 Å². The van der Waals surface area contributed by atoms with Gasteiger partial charge in [-0.2, -0.15) is 0 Å². The zero-order valence-electron chi connectivity index (χ0n) is 14.4. The van der Waals surface area contributed by atoms with Crippen LogP contribution in [0.3, 0.4) is 0 Å². The molecule has 1 amide bonds. The average Bonchev–Trinajstić information content (AvgIpc) is 3.11. The van der Waals surface area contributed by atoms with Crippen molar-refractivity contribution in [3.8, 4) is 5.75 Å². The van der Waals surface area contributed by atoms with Gasteiger partial charge in [0.05, 0.1) is 13.5 Å². The summed E-state index contributed by atoms with van der Waals surface area (Å²) in [5.74, 6) is 0.983. The quantitative estimate of drug-likeness (QED) is 0.877. The van der Waals surface area contributed by atoms with Crippen molar-refractivity contribution >= 4 is 11.6 Å². The van der Waals surface area contributed by atoms with E-state index in [9.17, 15) is 9.18 Å². The molecule has 0 spiro atoms. The number of carbonyl (C=O) groups is 1. The summed E-state index contributed by atoms with van der Waals surface area (Å²) in [6, 6.07) is 14.1. The molecule has 0 saturated carbocycles. The predicted molar refractivity (Wildman–Crippen MR) is 96.4 cm³/mol. The van der Waals surface area contributed by atoms with Crippen LogP contribution in [0.1, 0.15) is 12.0 Å². The van der Waals surface area contributed by atoms with Crippen LogP contribution in [-0.4, -0.2) is 32.7 Å². The number of hydrogen-bond donors (Lipinski definition) is 1. The summed E-state index contributed by atoms with van der Waals surface area (Å²) in [6.45, 7) is 2.57. The maximum absolute atomic E-state index is 12.9. The van der Waals surface area contributed by atoms with Gasteiger partial charge in [0.15, 0.2) is 0 Å². The number of amides is 1. The van der Waals surface area contributed by atoms with E-state index in [0.29, 0.717) is 12.5 Å². The van der Waals surface area contributed by atoms with Crippen molar-refractivity contribution in [2.45, 2.75) is 12.8 Å². The van der Waals surface area contributed by atoms with Gasteiger partial charge >= 0.3 is 0 Å². The van der Waals surface area contributed by atoms with Gasteiger partial charge in [0.25, 0.3) is 0 Å². The molecule has 3 rings (SSSR count). The monoisotopic (exact) mass is 342 g/mol. The van der Waals surface area contributed by atoms with E-state index in [-0.39, 0.29) is 18.1 Å². The third kappa shape index (κ3) is 4.72. The second-order valence-electron chi connectivity index (χ2n) is 6.41. The average molecular weight is 342 g/mol. The fraction of sp³-hybridized carbons (Fsp3) is 0.350. The highest BCUT2D eigenvalue weighted by molar-refractivity contribution is 5.78. The Bertz CT molecular complexity index is 718. The maximum atomic E-state index is 12.9. The minimum absolute atomic E-state index is 0.0218. The molecule has 1 unspecified atom stereocenters. The van der Waals surface area contributed by atoms with E-state index in [4.69, 9.17) is 4.74 Å². The van der Waals surface area contributed by atoms with Crippen LogP contribution in [0.15, 0.2) is 48.5 Å². The number of nitrogens with zero attached hydrogens (tertiary/aromatic N) is 1. The van der Waals surface area contributed by atoms with Crippen LogP contribution in [0.2, 0.25) is 0 Å². The van der Waals surface area contributed by atoms with Crippen LogP contribution in [0.5, 0.6) is 5.75 Å². The molecule has 0 radical (unpaired) electrons. The fourth-order valence-electron chi connectivity index (χ4n) is 3.15. The van der Waals surface area contributed by atoms with Gasteiger partial charge in [-0.05, 0) is 42.2 Å². The lowest BCUT2D eigenvalue weighted by atomic mass is 10.1. The van der Waals surface area contributed by atoms with Crippen molar-refractivity contribution in [1.82, 2.24) is 5.32 Å². The molecule has 2 aromatic carbocycles. The van der Waals surface area contributed by atoms with Gasteiger partial charge in [-0.25, -0.2) is 4.39 Å². The lowest BCUT2D eigenvalue weighted by molar-refractivity contribution is -0.120. The first-order valence-electron chi connectivity index (χ1n) is 8.54. The van der Waals surface area contributed by atoms with E-state index in [2.05, 4.69) is 16.3 Å². The Hall–Kier alpha value is -2.56. The topological polar surface area (TPSA) is 41.6 Å². The molecule has 1 heterocycles. The molecule has 1 aliphatic rings. The first kappa shape index (κ1) is 17.3. The molecular weight excluding hydrogens is 319 g/mol. The third-order valence-electron chi connectivity index (χ3n) is 4.57. The third-order valence-corrected chi connectivity index (χ3v) is 4.57. The van der Waals surface area contributed by atoms with Gasteiger partial charge in [-0.1, -0.05) is 18.2 Å². The minimum Gasteiger partial charge on any atom is -0.497 e. The Labute approximate surface area is 147 Å². The number of benzene rings is 2. The number of hydrogen-bond acceptors (Lipinski definition) is 3. The highest BCUT2D eigenvalue weighted by Crippen LogP contribution is 2.26. The summed E-state index contributed by atoms with van der Waals surface area (Å²) in [7, 11) is 1.67. The smallest absolute Gasteiger partial charge is 0.224 e. The molecule has 132 valence electrons. The number of methoxy groups -OCH3 is 1. The van der Waals surface area contributed by atoms with Crippen molar-refractivity contribution in [2.24, 2.45) is 5.92 Å². The SMILES string of the molecule is COc1cccc(N2CCC(CNC(=O)Cc3ccc(F)cc3)C2)c1. The lowest BCUT2D eigenvalue weighted by Gasteiger charge is -2.19. The minimum atomic E-state index is -0.284. The first-order chi connectivity index (χ1) is 12.1. The highest BCUT2D eigenvalue weighted by atomic mass is 19.1. The molecule has 1 fully saturated rings. The normalized spacial score (nSPS) is 16.7. The van der Waals surface area contributed by atoms with Crippen molar-refractivity contribution in [2.75, 3.05) is 31.6 Å². The van der Waals surface area contributed by atoms with Gasteiger partial charge in [-0.3, -0.25) is 4.79 Å². The van der Waals surface area contributed by atoms with E-state index in [0.717, 1.165) is 36.5 Å². The van der Waals surface area contributed by atoms with E-state index in [1.165, 1.54) is 12.1 Å². The van der Waals surface area contributed by atoms with Gasteiger partial charge in [-0.15, -0.1) is 0 Å². The second-order valence-corrected chi connectivity index (χ2v) is 6.41. The number of anilines is 1. The van der Waals surface area contributed by atoms with E-state index in [1.54, 1.807) is 19.2 Å². The molecule has 0 bridgehead atoms. The summed E-state index contributed by atoms with van der Waals surface area (Å²) in [5, 5.41) is 3.00. The molecule has 0 aliphatic carbocycles. The molecular formula is C20H23FN2O2. The number of nitrogens with one attached hydrogen (secondary N) is 1. The largest absolute Gasteiger partial charge is 0.497 e. The van der Waals surface area contributed by atoms with Crippen molar-refractivity contribution in [3.05, 3.63) is 59.9 Å². The van der Waals surface area contributed by atoms with E-state index < -0.39 is 0 Å². The number of carbonyl (C=O) groups excluding carboxylic acids is 1. The number of ether oxygens (including phenoxy) is 1. The van der Waals surface area contributed by atoms with E-state index in [1.807, 2.05) is 18.2 Å². The van der Waals surface area contributed by atoms with Gasteiger partial charge in [0.2, 0.25) is 5.91 Å². The lowest BCUT2D eigenvalue weighted by Crippen LogP contribution is -2.32. The molecule has 2 aromatic rings. The van der Waals surface area contributed by atoms with Crippen molar-refractivity contribution in [1.29, 1.82) is 0 Å². The summed E-state index contributed by atoms with van der Waals surface area (Å²) in [6.07, 6.45) is 1.33. The van der Waals surface area contributed by atoms with Crippen LogP contribution in [-0.2, 0) is 11.2 Å². The molecule has 0 aromatic heterocycles. The van der Waals surface area contributed by atoms with Crippen LogP contribution in [0.25, 0.3) is 0 Å². The molecule has 1 N–H and O–H groups in total. The Morgan fingerprint density at radius 1 is 1.28 bits per heavy atom. The molecule has 5 heteroatoms. The molecule has 1 saturated heterocycles. The Balaban J connectivity index is 1.46. The van der Waals surface area contributed by atoms with Crippen LogP contribution in [0, 0.1) is 11.7 Å². The summed E-state index contributed by atoms with van der Waals surface area (Å²) < 4.78 is 18.2. The zero-order valence-corrected chi connectivity index (χ0v) is 14.4. The first-order valence-corrected chi connectivity index (χ1v) is 8.54. The van der Waals surface area contributed by atoms with Gasteiger partial charge in [0.1, 0.15) is 11.6 Å². The van der Waals surface area contributed by atoms with E-state index >= 15 is 0 Å². The summed E-state index contributed by atoms with van der Waals surface area (Å²) >= 11 is 0. The van der Waals surface area contributed by atoms with Crippen LogP contribution in [0.4, 0.5) is 10.1 Å².